The number of nitrogens with zero attached hydrogens (tertiary/aromatic N) is 4. The number of nitrogens with two attached hydrogens (primary N) is 1. The van der Waals surface area contributed by atoms with Gasteiger partial charge in [-0.2, -0.15) is 0 Å². The number of hydrogen-bond acceptors (Lipinski definition) is 8. The molecule has 4 N–H and O–H groups in total. The molecular weight excluding hydrogens is 529 g/mol. The maximum absolute atomic E-state index is 14.4. The molecule has 208 valence electrons. The van der Waals surface area contributed by atoms with Crippen molar-refractivity contribution in [1.29, 1.82) is 0 Å². The van der Waals surface area contributed by atoms with E-state index in [4.69, 9.17) is 26.8 Å². The summed E-state index contributed by atoms with van der Waals surface area (Å²) < 4.78 is 27.6. The first-order valence-corrected chi connectivity index (χ1v) is 14.7. The van der Waals surface area contributed by atoms with E-state index in [1.807, 2.05) is 39.8 Å². The second-order valence-electron chi connectivity index (χ2n) is 10.3. The summed E-state index contributed by atoms with van der Waals surface area (Å²) in [4.78, 5) is 25.3. The van der Waals surface area contributed by atoms with Crippen molar-refractivity contribution in [2.75, 3.05) is 18.7 Å². The fourth-order valence-corrected chi connectivity index (χ4v) is 6.74. The molecule has 0 unspecified atom stereocenters. The van der Waals surface area contributed by atoms with Crippen LogP contribution in [0.2, 0.25) is 5.02 Å². The molecule has 3 aromatic rings. The summed E-state index contributed by atoms with van der Waals surface area (Å²) in [7, 11) is -3.55. The summed E-state index contributed by atoms with van der Waals surface area (Å²) in [6.07, 6.45) is 3.10. The Hall–Kier alpha value is -2.56. The second-order valence-corrected chi connectivity index (χ2v) is 12.9. The van der Waals surface area contributed by atoms with E-state index in [1.54, 1.807) is 36.9 Å². The van der Waals surface area contributed by atoms with Crippen molar-refractivity contribution in [2.24, 2.45) is 0 Å². The maximum Gasteiger partial charge on any atom is 0.326 e. The zero-order valence-electron chi connectivity index (χ0n) is 22.7. The average Bonchev–Trinajstić information content (AvgIpc) is 3.24. The van der Waals surface area contributed by atoms with Crippen LogP contribution in [0.1, 0.15) is 53.5 Å². The monoisotopic (exact) mass is 565 g/mol. The lowest BCUT2D eigenvalue weighted by atomic mass is 9.96. The average molecular weight is 566 g/mol. The predicted molar refractivity (Wildman–Crippen MR) is 149 cm³/mol. The van der Waals surface area contributed by atoms with E-state index < -0.39 is 24.5 Å². The molecule has 0 amide bonds. The van der Waals surface area contributed by atoms with E-state index in [2.05, 4.69) is 25.1 Å². The number of ether oxygens (including phenoxy) is 2. The minimum atomic E-state index is -3.55. The number of esters is 1. The molecule has 11 nitrogen and oxygen atoms in total. The number of aromatic nitrogens is 4. The van der Waals surface area contributed by atoms with Crippen molar-refractivity contribution in [3.05, 3.63) is 47.5 Å². The van der Waals surface area contributed by atoms with Crippen LogP contribution >= 0.6 is 19.0 Å². The number of halogens is 1. The Labute approximate surface area is 228 Å². The third-order valence-corrected chi connectivity index (χ3v) is 8.46. The molecule has 38 heavy (non-hydrogen) atoms. The number of nitrogens with one attached hydrogen (secondary N) is 2. The first kappa shape index (κ1) is 30.0. The number of benzene rings is 1. The number of rotatable bonds is 13. The number of hydrogen-bond donors (Lipinski definition) is 3. The molecule has 2 atom stereocenters. The summed E-state index contributed by atoms with van der Waals surface area (Å²) in [5.74, 6) is -0.206. The number of fused-ring (bicyclic) bond motifs is 1. The molecule has 0 aliphatic carbocycles. The van der Waals surface area contributed by atoms with E-state index in [0.717, 1.165) is 5.56 Å². The van der Waals surface area contributed by atoms with Gasteiger partial charge < -0.3 is 19.8 Å². The van der Waals surface area contributed by atoms with Gasteiger partial charge in [-0.3, -0.25) is 9.36 Å². The van der Waals surface area contributed by atoms with Gasteiger partial charge in [0.1, 0.15) is 23.7 Å². The molecule has 0 spiro atoms. The highest BCUT2D eigenvalue weighted by atomic mass is 35.5. The summed E-state index contributed by atoms with van der Waals surface area (Å²) in [5.41, 5.74) is 5.85. The quantitative estimate of drug-likeness (QED) is 0.200. The van der Waals surface area contributed by atoms with E-state index in [1.165, 1.54) is 6.33 Å². The Bertz CT molecular complexity index is 1300. The number of anilines is 1. The minimum absolute atomic E-state index is 0.195. The zero-order valence-corrected chi connectivity index (χ0v) is 24.3. The summed E-state index contributed by atoms with van der Waals surface area (Å²) in [6, 6.07) is 7.27. The molecule has 0 aliphatic rings. The van der Waals surface area contributed by atoms with Crippen molar-refractivity contribution in [2.45, 2.75) is 71.7 Å². The topological polar surface area (TPSA) is 146 Å². The van der Waals surface area contributed by atoms with Crippen LogP contribution in [0.15, 0.2) is 36.9 Å². The summed E-state index contributed by atoms with van der Waals surface area (Å²) >= 11 is 6.07. The molecular formula is C25H37ClN7O4P. The van der Waals surface area contributed by atoms with Gasteiger partial charge in [0.2, 0.25) is 7.44 Å². The molecule has 1 aromatic carbocycles. The van der Waals surface area contributed by atoms with Gasteiger partial charge in [-0.15, -0.1) is 0 Å². The second kappa shape index (κ2) is 12.1. The van der Waals surface area contributed by atoms with Gasteiger partial charge in [-0.05, 0) is 58.7 Å². The molecule has 0 aliphatic heterocycles. The van der Waals surface area contributed by atoms with Crippen molar-refractivity contribution < 1.29 is 18.8 Å². The van der Waals surface area contributed by atoms with Gasteiger partial charge in [0.25, 0.3) is 0 Å². The molecule has 0 saturated carbocycles. The van der Waals surface area contributed by atoms with E-state index in [9.17, 15) is 9.36 Å². The van der Waals surface area contributed by atoms with E-state index in [0.29, 0.717) is 35.0 Å². The smallest absolute Gasteiger partial charge is 0.326 e. The number of carbonyl (C=O) groups is 1. The third kappa shape index (κ3) is 7.51. The van der Waals surface area contributed by atoms with Gasteiger partial charge in [0.15, 0.2) is 11.5 Å². The molecule has 2 aromatic heterocycles. The van der Waals surface area contributed by atoms with Crippen molar-refractivity contribution in [3.8, 4) is 0 Å². The number of imidazole rings is 1. The molecule has 0 saturated heterocycles. The first-order chi connectivity index (χ1) is 17.8. The Morgan fingerprint density at radius 1 is 1.16 bits per heavy atom. The van der Waals surface area contributed by atoms with Crippen molar-refractivity contribution in [3.63, 3.8) is 0 Å². The summed E-state index contributed by atoms with van der Waals surface area (Å²) in [6.45, 7) is 11.5. The molecule has 0 fully saturated rings. The predicted octanol–water partition coefficient (Wildman–Crippen LogP) is 4.46. The van der Waals surface area contributed by atoms with Crippen LogP contribution in [-0.4, -0.2) is 50.1 Å². The standard InChI is InChI=1S/C25H37ClN7O4P/c1-7-12-36-23(34)25(5,6)32-38(35,31-24(3,4)18-8-10-19(26)11-9-18)16-37-17(2)13-33-15-30-20-21(27)28-14-29-22(20)33/h8-11,14-15,17H,7,12-13,16H2,1-6H3,(H2,27,28,29)(H2,31,32,35)/t17-,38+/m1/s1. The molecule has 2 heterocycles. The van der Waals surface area contributed by atoms with Crippen LogP contribution in [-0.2, 0) is 30.9 Å². The minimum Gasteiger partial charge on any atom is -0.464 e. The fraction of sp³-hybridized carbons (Fsp3) is 0.520. The van der Waals surface area contributed by atoms with Crippen LogP contribution in [0.4, 0.5) is 5.82 Å². The molecule has 0 radical (unpaired) electrons. The maximum atomic E-state index is 14.4. The van der Waals surface area contributed by atoms with Crippen molar-refractivity contribution >= 4 is 42.0 Å². The zero-order chi connectivity index (χ0) is 28.1. The first-order valence-electron chi connectivity index (χ1n) is 12.4. The van der Waals surface area contributed by atoms with E-state index in [-0.39, 0.29) is 19.1 Å². The number of carbonyl (C=O) groups excluding carboxylic acids is 1. The Kier molecular flexibility index (Phi) is 9.54. The van der Waals surface area contributed by atoms with Crippen molar-refractivity contribution in [1.82, 2.24) is 29.7 Å². The van der Waals surface area contributed by atoms with Gasteiger partial charge >= 0.3 is 5.97 Å². The Morgan fingerprint density at radius 2 is 1.84 bits per heavy atom. The van der Waals surface area contributed by atoms with Crippen LogP contribution < -0.4 is 15.9 Å². The third-order valence-electron chi connectivity index (χ3n) is 5.86. The van der Waals surface area contributed by atoms with E-state index >= 15 is 0 Å². The van der Waals surface area contributed by atoms with Crippen LogP contribution in [0.5, 0.6) is 0 Å². The largest absolute Gasteiger partial charge is 0.464 e. The lowest BCUT2D eigenvalue weighted by Crippen LogP contribution is -2.51. The van der Waals surface area contributed by atoms with Crippen LogP contribution in [0, 0.1) is 0 Å². The lowest BCUT2D eigenvalue weighted by molar-refractivity contribution is -0.149. The molecule has 13 heteroatoms. The SMILES string of the molecule is CCCOC(=O)C(C)(C)N[P@](=O)(CO[C@H](C)Cn1cnc2c(N)ncnc21)NC(C)(C)c1ccc(Cl)cc1. The molecule has 0 bridgehead atoms. The lowest BCUT2D eigenvalue weighted by Gasteiger charge is -2.37. The Balaban J connectivity index is 1.80. The Morgan fingerprint density at radius 3 is 2.50 bits per heavy atom. The van der Waals surface area contributed by atoms with Gasteiger partial charge in [-0.1, -0.05) is 30.7 Å². The van der Waals surface area contributed by atoms with Gasteiger partial charge in [0.05, 0.1) is 25.6 Å². The van der Waals surface area contributed by atoms with Crippen LogP contribution in [0.3, 0.4) is 0 Å². The summed E-state index contributed by atoms with van der Waals surface area (Å²) in [5, 5.41) is 6.86. The normalized spacial score (nSPS) is 14.8. The highest BCUT2D eigenvalue weighted by Gasteiger charge is 2.40. The van der Waals surface area contributed by atoms with Gasteiger partial charge in [0, 0.05) is 10.6 Å². The van der Waals surface area contributed by atoms with Gasteiger partial charge in [-0.25, -0.2) is 25.1 Å². The molecule has 3 rings (SSSR count). The highest BCUT2D eigenvalue weighted by Crippen LogP contribution is 2.44. The highest BCUT2D eigenvalue weighted by molar-refractivity contribution is 7.59. The van der Waals surface area contributed by atoms with Crippen LogP contribution in [0.25, 0.3) is 11.2 Å². The fourth-order valence-electron chi connectivity index (χ4n) is 3.94. The number of nitrogen functional groups attached to an aromatic ring is 1.